The maximum absolute atomic E-state index is 6.25. The van der Waals surface area contributed by atoms with E-state index in [1.54, 1.807) is 17.2 Å². The molecule has 0 saturated heterocycles. The Morgan fingerprint density at radius 1 is 1.13 bits per heavy atom. The van der Waals surface area contributed by atoms with Crippen molar-refractivity contribution in [3.63, 3.8) is 0 Å². The van der Waals surface area contributed by atoms with Gasteiger partial charge in [-0.1, -0.05) is 23.7 Å². The molecule has 1 unspecified atom stereocenters. The summed E-state index contributed by atoms with van der Waals surface area (Å²) in [5, 5.41) is 10.2. The van der Waals surface area contributed by atoms with Crippen LogP contribution in [-0.4, -0.2) is 45.1 Å². The smallest absolute Gasteiger partial charge is 0.119 e. The molecule has 30 heavy (non-hydrogen) atoms. The monoisotopic (exact) mass is 421 g/mol. The fraction of sp³-hybridized carbons (Fsp3) is 0.304. The van der Waals surface area contributed by atoms with E-state index < -0.39 is 0 Å². The van der Waals surface area contributed by atoms with E-state index in [0.29, 0.717) is 6.61 Å². The molecular weight excluding hydrogens is 398 g/mol. The fourth-order valence-corrected chi connectivity index (χ4v) is 4.48. The van der Waals surface area contributed by atoms with Crippen LogP contribution in [-0.2, 0) is 13.0 Å². The lowest BCUT2D eigenvalue weighted by Crippen LogP contribution is -2.32. The van der Waals surface area contributed by atoms with Gasteiger partial charge in [0.15, 0.2) is 0 Å². The second-order valence-corrected chi connectivity index (χ2v) is 8.17. The van der Waals surface area contributed by atoms with Gasteiger partial charge in [0.05, 0.1) is 31.6 Å². The van der Waals surface area contributed by atoms with Crippen molar-refractivity contribution >= 4 is 22.5 Å². The summed E-state index contributed by atoms with van der Waals surface area (Å²) in [6.45, 7) is 2.40. The van der Waals surface area contributed by atoms with Crippen molar-refractivity contribution in [1.29, 1.82) is 0 Å². The van der Waals surface area contributed by atoms with Crippen LogP contribution in [0, 0.1) is 0 Å². The number of hydrogen-bond acceptors (Lipinski definition) is 4. The van der Waals surface area contributed by atoms with Gasteiger partial charge < -0.3 is 9.72 Å². The van der Waals surface area contributed by atoms with Crippen LogP contribution in [0.5, 0.6) is 5.75 Å². The van der Waals surface area contributed by atoms with Crippen LogP contribution in [0.15, 0.2) is 54.9 Å². The third-order valence-corrected chi connectivity index (χ3v) is 6.00. The highest BCUT2D eigenvalue weighted by Crippen LogP contribution is 2.38. The molecule has 2 aromatic heterocycles. The van der Waals surface area contributed by atoms with Crippen LogP contribution in [0.4, 0.5) is 0 Å². The van der Waals surface area contributed by atoms with Gasteiger partial charge in [-0.25, -0.2) is 0 Å². The highest BCUT2D eigenvalue weighted by atomic mass is 35.5. The summed E-state index contributed by atoms with van der Waals surface area (Å²) in [5.41, 5.74) is 5.05. The summed E-state index contributed by atoms with van der Waals surface area (Å²) in [7, 11) is 2.18. The van der Waals surface area contributed by atoms with Gasteiger partial charge in [-0.15, -0.1) is 0 Å². The molecule has 0 saturated carbocycles. The summed E-state index contributed by atoms with van der Waals surface area (Å²) in [6, 6.07) is 14.7. The van der Waals surface area contributed by atoms with Crippen LogP contribution in [0.2, 0.25) is 5.02 Å². The highest BCUT2D eigenvalue weighted by Gasteiger charge is 2.29. The number of ether oxygens (including phenoxy) is 1. The van der Waals surface area contributed by atoms with Gasteiger partial charge in [0.2, 0.25) is 0 Å². The number of fused-ring (bicyclic) bond motifs is 3. The number of nitrogens with zero attached hydrogens (tertiary/aromatic N) is 4. The predicted molar refractivity (Wildman–Crippen MR) is 118 cm³/mol. The number of halogens is 1. The van der Waals surface area contributed by atoms with Crippen LogP contribution in [0.3, 0.4) is 0 Å². The van der Waals surface area contributed by atoms with E-state index in [1.165, 1.54) is 22.2 Å². The Morgan fingerprint density at radius 3 is 2.73 bits per heavy atom. The van der Waals surface area contributed by atoms with Gasteiger partial charge >= 0.3 is 0 Å². The summed E-state index contributed by atoms with van der Waals surface area (Å²) in [5.74, 6) is 0.884. The summed E-state index contributed by atoms with van der Waals surface area (Å²) in [6.07, 6.45) is 5.27. The second kappa shape index (κ2) is 8.13. The zero-order valence-electron chi connectivity index (χ0n) is 16.9. The lowest BCUT2D eigenvalue weighted by atomic mass is 9.93. The number of rotatable bonds is 6. The van der Waals surface area contributed by atoms with Gasteiger partial charge in [-0.3, -0.25) is 4.90 Å². The average molecular weight is 422 g/mol. The van der Waals surface area contributed by atoms with Crippen molar-refractivity contribution in [2.45, 2.75) is 25.4 Å². The Bertz CT molecular complexity index is 1140. The van der Waals surface area contributed by atoms with E-state index in [2.05, 4.69) is 63.5 Å². The molecule has 0 radical (unpaired) electrons. The molecule has 1 N–H and O–H groups in total. The number of aromatic amines is 1. The molecule has 5 rings (SSSR count). The zero-order chi connectivity index (χ0) is 20.5. The van der Waals surface area contributed by atoms with Crippen LogP contribution < -0.4 is 4.74 Å². The Labute approximate surface area is 180 Å². The number of aromatic nitrogens is 4. The van der Waals surface area contributed by atoms with Crippen LogP contribution >= 0.6 is 11.6 Å². The van der Waals surface area contributed by atoms with Crippen LogP contribution in [0.25, 0.3) is 10.9 Å². The largest absolute Gasteiger partial charge is 0.494 e. The summed E-state index contributed by atoms with van der Waals surface area (Å²) >= 11 is 6.25. The molecule has 1 aliphatic rings. The molecular formula is C23H24ClN5O. The minimum Gasteiger partial charge on any atom is -0.494 e. The van der Waals surface area contributed by atoms with Gasteiger partial charge in [0.1, 0.15) is 5.75 Å². The third-order valence-electron chi connectivity index (χ3n) is 5.76. The predicted octanol–water partition coefficient (Wildman–Crippen LogP) is 4.46. The molecule has 0 fully saturated rings. The average Bonchev–Trinajstić information content (AvgIpc) is 3.39. The van der Waals surface area contributed by atoms with E-state index in [4.69, 9.17) is 16.3 Å². The Hall–Kier alpha value is -2.83. The second-order valence-electron chi connectivity index (χ2n) is 7.74. The lowest BCUT2D eigenvalue weighted by molar-refractivity contribution is 0.261. The molecule has 3 heterocycles. The molecule has 7 heteroatoms. The van der Waals surface area contributed by atoms with E-state index in [9.17, 15) is 0 Å². The number of likely N-dealkylation sites (N-methyl/N-ethyl adjacent to an activating group) is 1. The molecule has 0 bridgehead atoms. The molecule has 4 aromatic rings. The first-order valence-electron chi connectivity index (χ1n) is 10.3. The van der Waals surface area contributed by atoms with Gasteiger partial charge in [-0.05, 0) is 54.9 Å². The van der Waals surface area contributed by atoms with E-state index >= 15 is 0 Å². The maximum atomic E-state index is 6.25. The quantitative estimate of drug-likeness (QED) is 0.467. The van der Waals surface area contributed by atoms with Gasteiger partial charge in [0.25, 0.3) is 0 Å². The van der Waals surface area contributed by atoms with Crippen LogP contribution in [0.1, 0.15) is 29.3 Å². The number of aryl methyl sites for hydroxylation is 1. The van der Waals surface area contributed by atoms with Crippen molar-refractivity contribution in [3.05, 3.63) is 76.7 Å². The Balaban J connectivity index is 1.32. The Morgan fingerprint density at radius 2 is 1.93 bits per heavy atom. The topological polar surface area (TPSA) is 59.0 Å². The van der Waals surface area contributed by atoms with Crippen molar-refractivity contribution in [2.24, 2.45) is 0 Å². The molecule has 1 aliphatic heterocycles. The minimum absolute atomic E-state index is 0.194. The summed E-state index contributed by atoms with van der Waals surface area (Å²) in [4.78, 5) is 7.72. The van der Waals surface area contributed by atoms with Crippen molar-refractivity contribution < 1.29 is 4.74 Å². The maximum Gasteiger partial charge on any atom is 0.119 e. The number of H-pyrrole nitrogens is 1. The van der Waals surface area contributed by atoms with Crippen molar-refractivity contribution in [3.8, 4) is 5.75 Å². The van der Waals surface area contributed by atoms with E-state index in [-0.39, 0.29) is 6.04 Å². The zero-order valence-corrected chi connectivity index (χ0v) is 17.6. The number of benzene rings is 2. The van der Waals surface area contributed by atoms with E-state index in [0.717, 1.165) is 42.2 Å². The van der Waals surface area contributed by atoms with Gasteiger partial charge in [0, 0.05) is 34.6 Å². The number of hydrogen-bond donors (Lipinski definition) is 1. The molecule has 0 spiro atoms. The normalized spacial score (nSPS) is 16.7. The molecule has 2 aromatic carbocycles. The first-order valence-corrected chi connectivity index (χ1v) is 10.6. The van der Waals surface area contributed by atoms with Gasteiger partial charge in [-0.2, -0.15) is 15.0 Å². The van der Waals surface area contributed by atoms with Crippen molar-refractivity contribution in [2.75, 3.05) is 20.2 Å². The molecule has 0 amide bonds. The lowest BCUT2D eigenvalue weighted by Gasteiger charge is -2.33. The highest BCUT2D eigenvalue weighted by molar-refractivity contribution is 6.31. The molecule has 1 atom stereocenters. The third kappa shape index (κ3) is 3.68. The fourth-order valence-electron chi connectivity index (χ4n) is 4.30. The Kier molecular flexibility index (Phi) is 5.19. The standard InChI is InChI=1S/C23H24ClN5O/c1-28-13-9-19-20-15-17(24)5-8-21(20)27-22(19)23(28)16-3-6-18(7-4-16)30-14-2-12-29-25-10-11-26-29/h3-8,10-11,15,23,27H,2,9,12-14H2,1H3. The number of nitrogens with one attached hydrogen (secondary N) is 1. The van der Waals surface area contributed by atoms with E-state index in [1.807, 2.05) is 6.07 Å². The minimum atomic E-state index is 0.194. The summed E-state index contributed by atoms with van der Waals surface area (Å²) < 4.78 is 5.90. The SMILES string of the molecule is CN1CCc2c([nH]c3ccc(Cl)cc23)C1c1ccc(OCCCn2nccn2)cc1. The molecule has 6 nitrogen and oxygen atoms in total. The molecule has 154 valence electrons. The first-order chi connectivity index (χ1) is 14.7. The molecule has 0 aliphatic carbocycles. The van der Waals surface area contributed by atoms with Crippen molar-refractivity contribution in [1.82, 2.24) is 24.9 Å². The first kappa shape index (κ1) is 19.2.